The molecular weight excluding hydrogens is 202 g/mol. The van der Waals surface area contributed by atoms with Crippen molar-refractivity contribution in [1.29, 1.82) is 0 Å². The largest absolute Gasteiger partial charge is 0.338 e. The summed E-state index contributed by atoms with van der Waals surface area (Å²) in [5.41, 5.74) is 3.45. The fourth-order valence-corrected chi connectivity index (χ4v) is 2.35. The molecule has 1 saturated heterocycles. The molecule has 0 amide bonds. The molecular formula is C12H17N3O. The first kappa shape index (κ1) is 10.0. The van der Waals surface area contributed by atoms with Gasteiger partial charge in [0.15, 0.2) is 5.82 Å². The minimum atomic E-state index is 0.729. The molecule has 0 unspecified atom stereocenters. The number of allylic oxidation sites excluding steroid dienone is 1. The molecule has 16 heavy (non-hydrogen) atoms. The summed E-state index contributed by atoms with van der Waals surface area (Å²) in [6, 6.07) is 0. The predicted octanol–water partition coefficient (Wildman–Crippen LogP) is 2.06. The predicted molar refractivity (Wildman–Crippen MR) is 59.8 cm³/mol. The maximum Gasteiger partial charge on any atom is 0.240 e. The molecule has 0 aromatic carbocycles. The Hall–Kier alpha value is -1.16. The van der Waals surface area contributed by atoms with Gasteiger partial charge < -0.3 is 4.52 Å². The normalized spacial score (nSPS) is 21.6. The molecule has 0 bridgehead atoms. The average Bonchev–Trinajstić information content (AvgIpc) is 3.05. The summed E-state index contributed by atoms with van der Waals surface area (Å²) in [5.74, 6) is 1.48. The summed E-state index contributed by atoms with van der Waals surface area (Å²) in [4.78, 5) is 6.64. The van der Waals surface area contributed by atoms with E-state index in [9.17, 15) is 0 Å². The summed E-state index contributed by atoms with van der Waals surface area (Å²) in [5, 5.41) is 3.81. The van der Waals surface area contributed by atoms with Crippen molar-refractivity contribution in [1.82, 2.24) is 15.0 Å². The molecule has 0 atom stereocenters. The third kappa shape index (κ3) is 2.16. The van der Waals surface area contributed by atoms with Crippen molar-refractivity contribution in [3.05, 3.63) is 22.9 Å². The van der Waals surface area contributed by atoms with Gasteiger partial charge in [-0.25, -0.2) is 0 Å². The van der Waals surface area contributed by atoms with Gasteiger partial charge in [0.25, 0.3) is 0 Å². The minimum absolute atomic E-state index is 0.729. The molecule has 4 heteroatoms. The van der Waals surface area contributed by atoms with Crippen LogP contribution in [0.5, 0.6) is 0 Å². The van der Waals surface area contributed by atoms with Crippen LogP contribution in [0.3, 0.4) is 0 Å². The van der Waals surface area contributed by atoms with Crippen molar-refractivity contribution in [2.45, 2.75) is 39.2 Å². The fourth-order valence-electron chi connectivity index (χ4n) is 2.35. The van der Waals surface area contributed by atoms with Crippen LogP contribution in [0.1, 0.15) is 37.4 Å². The second kappa shape index (κ2) is 4.01. The number of likely N-dealkylation sites (tertiary alicyclic amines) is 1. The number of hydrogen-bond donors (Lipinski definition) is 0. The van der Waals surface area contributed by atoms with E-state index in [0.717, 1.165) is 31.3 Å². The second-order valence-corrected chi connectivity index (χ2v) is 4.72. The van der Waals surface area contributed by atoms with Gasteiger partial charge in [-0.1, -0.05) is 16.3 Å². The monoisotopic (exact) mass is 219 g/mol. The Bertz CT molecular complexity index is 406. The average molecular weight is 219 g/mol. The Morgan fingerprint density at radius 1 is 1.12 bits per heavy atom. The van der Waals surface area contributed by atoms with Gasteiger partial charge in [-0.3, -0.25) is 4.90 Å². The first-order valence-corrected chi connectivity index (χ1v) is 6.02. The highest BCUT2D eigenvalue weighted by atomic mass is 16.5. The van der Waals surface area contributed by atoms with Crippen molar-refractivity contribution >= 4 is 0 Å². The summed E-state index contributed by atoms with van der Waals surface area (Å²) in [6.07, 6.45) is 5.20. The van der Waals surface area contributed by atoms with E-state index >= 15 is 0 Å². The van der Waals surface area contributed by atoms with Gasteiger partial charge in [-0.05, 0) is 32.6 Å². The smallest absolute Gasteiger partial charge is 0.240 e. The molecule has 1 saturated carbocycles. The standard InChI is InChI=1S/C12H17N3O/c1-9-13-12(16-14-9)8-15-6-4-11(5-7-15)10-2-3-10/h2-8H2,1H3. The molecule has 2 heterocycles. The molecule has 2 fully saturated rings. The van der Waals surface area contributed by atoms with Crippen LogP contribution in [-0.4, -0.2) is 28.1 Å². The highest BCUT2D eigenvalue weighted by molar-refractivity contribution is 5.26. The molecule has 1 aromatic heterocycles. The Morgan fingerprint density at radius 2 is 1.81 bits per heavy atom. The van der Waals surface area contributed by atoms with E-state index in [-0.39, 0.29) is 0 Å². The zero-order chi connectivity index (χ0) is 11.0. The lowest BCUT2D eigenvalue weighted by atomic mass is 10.0. The zero-order valence-electron chi connectivity index (χ0n) is 9.70. The van der Waals surface area contributed by atoms with Crippen LogP contribution in [0.25, 0.3) is 0 Å². The van der Waals surface area contributed by atoms with Gasteiger partial charge in [-0.15, -0.1) is 0 Å². The molecule has 1 aliphatic carbocycles. The van der Waals surface area contributed by atoms with Crippen molar-refractivity contribution in [2.24, 2.45) is 0 Å². The molecule has 0 spiro atoms. The van der Waals surface area contributed by atoms with E-state index in [1.54, 1.807) is 11.1 Å². The number of aryl methyl sites for hydroxylation is 1. The Balaban J connectivity index is 1.56. The van der Waals surface area contributed by atoms with E-state index in [1.165, 1.54) is 25.7 Å². The van der Waals surface area contributed by atoms with Gasteiger partial charge in [0.1, 0.15) is 0 Å². The Morgan fingerprint density at radius 3 is 2.38 bits per heavy atom. The summed E-state index contributed by atoms with van der Waals surface area (Å²) in [6.45, 7) is 4.95. The number of hydrogen-bond acceptors (Lipinski definition) is 4. The van der Waals surface area contributed by atoms with Crippen molar-refractivity contribution in [3.8, 4) is 0 Å². The van der Waals surface area contributed by atoms with Crippen LogP contribution in [0.15, 0.2) is 15.7 Å². The quantitative estimate of drug-likeness (QED) is 0.714. The van der Waals surface area contributed by atoms with Crippen molar-refractivity contribution in [3.63, 3.8) is 0 Å². The molecule has 4 nitrogen and oxygen atoms in total. The number of rotatable bonds is 2. The molecule has 0 N–H and O–H groups in total. The highest BCUT2D eigenvalue weighted by Crippen LogP contribution is 2.36. The molecule has 1 aliphatic heterocycles. The molecule has 0 radical (unpaired) electrons. The van der Waals surface area contributed by atoms with Crippen LogP contribution in [-0.2, 0) is 6.54 Å². The van der Waals surface area contributed by atoms with Crippen LogP contribution in [0.4, 0.5) is 0 Å². The Kier molecular flexibility index (Phi) is 2.52. The topological polar surface area (TPSA) is 42.2 Å². The van der Waals surface area contributed by atoms with Crippen LogP contribution in [0.2, 0.25) is 0 Å². The van der Waals surface area contributed by atoms with E-state index in [2.05, 4.69) is 15.0 Å². The first-order valence-electron chi connectivity index (χ1n) is 6.02. The number of piperidine rings is 1. The van der Waals surface area contributed by atoms with E-state index in [1.807, 2.05) is 6.92 Å². The van der Waals surface area contributed by atoms with Gasteiger partial charge in [-0.2, -0.15) is 4.98 Å². The third-order valence-electron chi connectivity index (χ3n) is 3.39. The van der Waals surface area contributed by atoms with E-state index < -0.39 is 0 Å². The van der Waals surface area contributed by atoms with Crippen molar-refractivity contribution in [2.75, 3.05) is 13.1 Å². The highest BCUT2D eigenvalue weighted by Gasteiger charge is 2.22. The van der Waals surface area contributed by atoms with Crippen LogP contribution >= 0.6 is 0 Å². The maximum absolute atomic E-state index is 5.14. The lowest BCUT2D eigenvalue weighted by Gasteiger charge is -2.26. The molecule has 1 aromatic rings. The van der Waals surface area contributed by atoms with Gasteiger partial charge in [0.05, 0.1) is 6.54 Å². The fraction of sp³-hybridized carbons (Fsp3) is 0.667. The lowest BCUT2D eigenvalue weighted by molar-refractivity contribution is 0.213. The molecule has 2 aliphatic rings. The Labute approximate surface area is 95.3 Å². The third-order valence-corrected chi connectivity index (χ3v) is 3.39. The van der Waals surface area contributed by atoms with E-state index in [4.69, 9.17) is 4.52 Å². The van der Waals surface area contributed by atoms with Crippen LogP contribution in [0, 0.1) is 6.92 Å². The lowest BCUT2D eigenvalue weighted by Crippen LogP contribution is -2.30. The summed E-state index contributed by atoms with van der Waals surface area (Å²) < 4.78 is 5.14. The first-order chi connectivity index (χ1) is 7.81. The molecule has 86 valence electrons. The SMILES string of the molecule is Cc1noc(CN2CCC(=C3CC3)CC2)n1. The summed E-state index contributed by atoms with van der Waals surface area (Å²) in [7, 11) is 0. The zero-order valence-corrected chi connectivity index (χ0v) is 9.70. The summed E-state index contributed by atoms with van der Waals surface area (Å²) >= 11 is 0. The number of aromatic nitrogens is 2. The molecule has 3 rings (SSSR count). The van der Waals surface area contributed by atoms with Crippen molar-refractivity contribution < 1.29 is 4.52 Å². The van der Waals surface area contributed by atoms with Gasteiger partial charge in [0.2, 0.25) is 5.89 Å². The van der Waals surface area contributed by atoms with Gasteiger partial charge >= 0.3 is 0 Å². The minimum Gasteiger partial charge on any atom is -0.338 e. The van der Waals surface area contributed by atoms with Gasteiger partial charge in [0, 0.05) is 13.1 Å². The second-order valence-electron chi connectivity index (χ2n) is 4.72. The van der Waals surface area contributed by atoms with Crippen LogP contribution < -0.4 is 0 Å². The van der Waals surface area contributed by atoms with E-state index in [0.29, 0.717) is 0 Å². The maximum atomic E-state index is 5.14. The number of nitrogens with zero attached hydrogens (tertiary/aromatic N) is 3.